The van der Waals surface area contributed by atoms with Crippen molar-refractivity contribution in [3.8, 4) is 11.5 Å². The van der Waals surface area contributed by atoms with Gasteiger partial charge in [0.15, 0.2) is 11.5 Å². The smallest absolute Gasteiger partial charge is 0.320 e. The van der Waals surface area contributed by atoms with Crippen LogP contribution in [0.4, 0.5) is 11.4 Å². The van der Waals surface area contributed by atoms with E-state index >= 15 is 0 Å². The van der Waals surface area contributed by atoms with Gasteiger partial charge < -0.3 is 15.2 Å². The molecule has 3 aromatic carbocycles. The first-order chi connectivity index (χ1) is 15.7. The zero-order chi connectivity index (χ0) is 23.5. The number of carbonyl (C=O) groups excluding carboxylic acids is 1. The van der Waals surface area contributed by atoms with E-state index < -0.39 is 11.0 Å². The number of nitrogens with one attached hydrogen (secondary N) is 1. The fourth-order valence-electron chi connectivity index (χ4n) is 5.27. The van der Waals surface area contributed by atoms with E-state index in [1.807, 2.05) is 36.4 Å². The molecule has 7 heteroatoms. The summed E-state index contributed by atoms with van der Waals surface area (Å²) in [6.45, 7) is 4.14. The van der Waals surface area contributed by atoms with Crippen LogP contribution in [-0.4, -0.2) is 22.9 Å². The van der Waals surface area contributed by atoms with Crippen LogP contribution in [0.3, 0.4) is 0 Å². The molecule has 1 unspecified atom stereocenters. The Bertz CT molecular complexity index is 1370. The zero-order valence-electron chi connectivity index (χ0n) is 18.6. The number of nitro benzene ring substituents is 1. The second kappa shape index (κ2) is 7.33. The predicted molar refractivity (Wildman–Crippen MR) is 127 cm³/mol. The van der Waals surface area contributed by atoms with Crippen LogP contribution in [0.2, 0.25) is 0 Å². The van der Waals surface area contributed by atoms with Crippen LogP contribution in [0.15, 0.2) is 54.1 Å². The molecule has 5 rings (SSSR count). The highest BCUT2D eigenvalue weighted by Crippen LogP contribution is 2.54. The van der Waals surface area contributed by atoms with E-state index in [-0.39, 0.29) is 33.9 Å². The molecule has 0 aromatic heterocycles. The Kier molecular flexibility index (Phi) is 4.67. The minimum Gasteiger partial charge on any atom is -0.504 e. The number of allylic oxidation sites excluding steroid dienone is 1. The number of aromatic hydroxyl groups is 1. The van der Waals surface area contributed by atoms with Crippen molar-refractivity contribution in [3.63, 3.8) is 0 Å². The van der Waals surface area contributed by atoms with Crippen molar-refractivity contribution in [3.05, 3.63) is 75.3 Å². The molecule has 0 amide bonds. The van der Waals surface area contributed by atoms with Crippen LogP contribution in [0.25, 0.3) is 16.3 Å². The van der Waals surface area contributed by atoms with Crippen molar-refractivity contribution in [2.45, 2.75) is 32.7 Å². The van der Waals surface area contributed by atoms with Crippen LogP contribution < -0.4 is 10.1 Å². The molecule has 1 aliphatic carbocycles. The maximum absolute atomic E-state index is 13.5. The van der Waals surface area contributed by atoms with Gasteiger partial charge in [0.25, 0.3) is 0 Å². The fourth-order valence-corrected chi connectivity index (χ4v) is 5.27. The molecule has 0 saturated heterocycles. The third-order valence-corrected chi connectivity index (χ3v) is 6.58. The number of fused-ring (bicyclic) bond motifs is 4. The summed E-state index contributed by atoms with van der Waals surface area (Å²) >= 11 is 0. The van der Waals surface area contributed by atoms with Gasteiger partial charge in [-0.2, -0.15) is 0 Å². The molecule has 1 atom stereocenters. The molecule has 2 aliphatic rings. The van der Waals surface area contributed by atoms with Gasteiger partial charge in [0.2, 0.25) is 5.75 Å². The van der Waals surface area contributed by atoms with E-state index in [1.165, 1.54) is 19.2 Å². The number of rotatable bonds is 3. The number of carbonyl (C=O) groups is 1. The molecule has 168 valence electrons. The fraction of sp³-hybridized carbons (Fsp3) is 0.269. The lowest BCUT2D eigenvalue weighted by molar-refractivity contribution is -0.386. The first kappa shape index (κ1) is 21.0. The van der Waals surface area contributed by atoms with E-state index in [9.17, 15) is 20.0 Å². The monoisotopic (exact) mass is 444 g/mol. The van der Waals surface area contributed by atoms with Gasteiger partial charge in [0.05, 0.1) is 23.6 Å². The lowest BCUT2D eigenvalue weighted by Gasteiger charge is -2.40. The highest BCUT2D eigenvalue weighted by atomic mass is 16.6. The SMILES string of the molecule is COc1c(O)ccc(C2Nc3ccc4ccccc4c3C3=C2C(=O)CC(C)(C)C3)c1[N+](=O)[O-]. The van der Waals surface area contributed by atoms with Gasteiger partial charge >= 0.3 is 5.69 Å². The van der Waals surface area contributed by atoms with Crippen LogP contribution in [-0.2, 0) is 4.79 Å². The highest BCUT2D eigenvalue weighted by molar-refractivity contribution is 6.13. The Morgan fingerprint density at radius 1 is 1.12 bits per heavy atom. The summed E-state index contributed by atoms with van der Waals surface area (Å²) < 4.78 is 5.17. The largest absolute Gasteiger partial charge is 0.504 e. The van der Waals surface area contributed by atoms with E-state index in [0.717, 1.165) is 27.6 Å². The van der Waals surface area contributed by atoms with Gasteiger partial charge in [-0.25, -0.2) is 0 Å². The third-order valence-electron chi connectivity index (χ3n) is 6.58. The van der Waals surface area contributed by atoms with E-state index in [4.69, 9.17) is 4.74 Å². The average molecular weight is 444 g/mol. The molecular weight excluding hydrogens is 420 g/mol. The number of nitrogens with zero attached hydrogens (tertiary/aromatic N) is 1. The zero-order valence-corrected chi connectivity index (χ0v) is 18.6. The normalized spacial score (nSPS) is 19.0. The van der Waals surface area contributed by atoms with Gasteiger partial charge in [-0.1, -0.05) is 44.2 Å². The molecule has 1 heterocycles. The summed E-state index contributed by atoms with van der Waals surface area (Å²) in [6.07, 6.45) is 1.03. The number of phenolic OH excluding ortho intramolecular Hbond substituents is 1. The topological polar surface area (TPSA) is 102 Å². The first-order valence-electron chi connectivity index (χ1n) is 10.8. The standard InChI is InChI=1S/C26H24N2O5/c1-26(2)12-17-21-15-7-5-4-6-14(15)8-10-18(21)27-23(22(17)20(30)13-26)16-9-11-19(29)25(33-3)24(16)28(31)32/h4-11,23,27,29H,12-13H2,1-3H3. The summed E-state index contributed by atoms with van der Waals surface area (Å²) in [6, 6.07) is 14.1. The predicted octanol–water partition coefficient (Wildman–Crippen LogP) is 5.77. The number of methoxy groups -OCH3 is 1. The van der Waals surface area contributed by atoms with Crippen LogP contribution >= 0.6 is 0 Å². The molecule has 0 bridgehead atoms. The number of phenols is 1. The number of nitro groups is 1. The maximum atomic E-state index is 13.5. The Balaban J connectivity index is 1.83. The van der Waals surface area contributed by atoms with E-state index in [2.05, 4.69) is 19.2 Å². The first-order valence-corrected chi connectivity index (χ1v) is 10.8. The molecule has 2 N–H and O–H groups in total. The molecule has 1 aliphatic heterocycles. The Morgan fingerprint density at radius 3 is 2.61 bits per heavy atom. The quantitative estimate of drug-likeness (QED) is 0.393. The van der Waals surface area contributed by atoms with Gasteiger partial charge in [0, 0.05) is 23.2 Å². The van der Waals surface area contributed by atoms with Crippen molar-refractivity contribution in [1.29, 1.82) is 0 Å². The van der Waals surface area contributed by atoms with Gasteiger partial charge in [-0.15, -0.1) is 0 Å². The Labute approximate surface area is 190 Å². The number of ether oxygens (including phenoxy) is 1. The van der Waals surface area contributed by atoms with Crippen molar-refractivity contribution in [1.82, 2.24) is 0 Å². The number of anilines is 1. The summed E-state index contributed by atoms with van der Waals surface area (Å²) in [5.41, 5.74) is 2.99. The third kappa shape index (κ3) is 3.23. The second-order valence-corrected chi connectivity index (χ2v) is 9.43. The Morgan fingerprint density at radius 2 is 1.88 bits per heavy atom. The molecule has 0 radical (unpaired) electrons. The molecular formula is C26H24N2O5. The van der Waals surface area contributed by atoms with Crippen molar-refractivity contribution in [2.24, 2.45) is 5.41 Å². The van der Waals surface area contributed by atoms with Crippen LogP contribution in [0.5, 0.6) is 11.5 Å². The highest BCUT2D eigenvalue weighted by Gasteiger charge is 2.43. The second-order valence-electron chi connectivity index (χ2n) is 9.43. The number of benzene rings is 3. The lowest BCUT2D eigenvalue weighted by atomic mass is 9.67. The molecule has 3 aromatic rings. The summed E-state index contributed by atoms with van der Waals surface area (Å²) in [5.74, 6) is -0.562. The summed E-state index contributed by atoms with van der Waals surface area (Å²) in [4.78, 5) is 25.0. The van der Waals surface area contributed by atoms with Crippen molar-refractivity contribution in [2.75, 3.05) is 12.4 Å². The van der Waals surface area contributed by atoms with Gasteiger partial charge in [-0.3, -0.25) is 14.9 Å². The molecule has 33 heavy (non-hydrogen) atoms. The molecule has 0 saturated carbocycles. The molecule has 7 nitrogen and oxygen atoms in total. The van der Waals surface area contributed by atoms with E-state index in [1.54, 1.807) is 0 Å². The number of hydrogen-bond acceptors (Lipinski definition) is 6. The summed E-state index contributed by atoms with van der Waals surface area (Å²) in [5, 5.41) is 27.7. The summed E-state index contributed by atoms with van der Waals surface area (Å²) in [7, 11) is 1.28. The van der Waals surface area contributed by atoms with Crippen LogP contribution in [0, 0.1) is 15.5 Å². The lowest BCUT2D eigenvalue weighted by Crippen LogP contribution is -2.33. The van der Waals surface area contributed by atoms with Crippen LogP contribution in [0.1, 0.15) is 43.9 Å². The Hall–Kier alpha value is -3.87. The van der Waals surface area contributed by atoms with Gasteiger partial charge in [0.1, 0.15) is 0 Å². The number of hydrogen-bond donors (Lipinski definition) is 2. The van der Waals surface area contributed by atoms with Crippen molar-refractivity contribution >= 4 is 33.5 Å². The molecule has 0 spiro atoms. The number of Topliss-reactive ketones (excluding diaryl/α,β-unsaturated/α-hetero) is 1. The minimum absolute atomic E-state index is 0.0290. The maximum Gasteiger partial charge on any atom is 0.320 e. The van der Waals surface area contributed by atoms with Crippen molar-refractivity contribution < 1.29 is 19.6 Å². The number of ketones is 1. The minimum atomic E-state index is -0.729. The molecule has 0 fully saturated rings. The average Bonchev–Trinajstić information content (AvgIpc) is 2.76. The van der Waals surface area contributed by atoms with Gasteiger partial charge in [-0.05, 0) is 46.4 Å². The van der Waals surface area contributed by atoms with E-state index in [0.29, 0.717) is 18.4 Å².